The van der Waals surface area contributed by atoms with Gasteiger partial charge in [0.1, 0.15) is 12.3 Å². The molecule has 3 rings (SSSR count). The van der Waals surface area contributed by atoms with Gasteiger partial charge in [-0.05, 0) is 56.2 Å². The smallest absolute Gasteiger partial charge is 0.326 e. The van der Waals surface area contributed by atoms with Gasteiger partial charge in [-0.25, -0.2) is 8.42 Å². The minimum Gasteiger partial charge on any atom is -0.497 e. The summed E-state index contributed by atoms with van der Waals surface area (Å²) in [6.07, 6.45) is 5.78. The fraction of sp³-hybridized carbons (Fsp3) is 0.333. The summed E-state index contributed by atoms with van der Waals surface area (Å²) in [5, 5.41) is 1.27. The molecule has 0 aliphatic carbocycles. The molecule has 0 unspecified atom stereocenters. The topological polar surface area (TPSA) is 102 Å². The normalized spacial score (nSPS) is 11.8. The Hall–Kier alpha value is -4.23. The van der Waals surface area contributed by atoms with Crippen molar-refractivity contribution in [3.63, 3.8) is 0 Å². The van der Waals surface area contributed by atoms with Crippen LogP contribution in [-0.2, 0) is 29.1 Å². The molecule has 1 atom stereocenters. The molecule has 0 radical (unpaired) electrons. The Bertz CT molecular complexity index is 1540. The number of hydrogen-bond donors (Lipinski definition) is 0. The predicted molar refractivity (Wildman–Crippen MR) is 155 cm³/mol. The molecular weight excluding hydrogens is 532 g/mol. The van der Waals surface area contributed by atoms with Gasteiger partial charge in [0.15, 0.2) is 0 Å². The van der Waals surface area contributed by atoms with Gasteiger partial charge in [-0.2, -0.15) is 0 Å². The van der Waals surface area contributed by atoms with Gasteiger partial charge >= 0.3 is 11.9 Å². The van der Waals surface area contributed by atoms with E-state index < -0.39 is 22.5 Å². The molecule has 0 aliphatic heterocycles. The average molecular weight is 567 g/mol. The molecule has 0 N–H and O–H groups in total. The Morgan fingerprint density at radius 2 is 1.48 bits per heavy atom. The van der Waals surface area contributed by atoms with Gasteiger partial charge in [-0.3, -0.25) is 13.9 Å². The SMILES string of the molecule is C#CCN(c1ccc(N(CC(=O)OC)S(=O)(=O)c2c(C)cc(OC)cc2C)c2ccccc12)[C@@H](C)CC(=O)OC. The van der Waals surface area contributed by atoms with Gasteiger partial charge in [-0.1, -0.05) is 30.2 Å². The number of aryl methyl sites for hydroxylation is 2. The second-order valence-corrected chi connectivity index (χ2v) is 11.1. The number of ether oxygens (including phenoxy) is 3. The molecule has 0 heterocycles. The molecule has 0 saturated heterocycles. The first kappa shape index (κ1) is 30.3. The number of nitrogens with zero attached hydrogens (tertiary/aromatic N) is 2. The van der Waals surface area contributed by atoms with Crippen LogP contribution in [0.15, 0.2) is 53.4 Å². The van der Waals surface area contributed by atoms with E-state index in [0.717, 1.165) is 4.31 Å². The zero-order valence-corrected chi connectivity index (χ0v) is 24.4. The van der Waals surface area contributed by atoms with Crippen LogP contribution in [0.1, 0.15) is 24.5 Å². The summed E-state index contributed by atoms with van der Waals surface area (Å²) < 4.78 is 44.6. The van der Waals surface area contributed by atoms with E-state index in [1.54, 1.807) is 50.2 Å². The lowest BCUT2D eigenvalue weighted by Crippen LogP contribution is -2.38. The van der Waals surface area contributed by atoms with Crippen molar-refractivity contribution in [3.8, 4) is 18.1 Å². The molecule has 0 amide bonds. The number of methoxy groups -OCH3 is 3. The molecule has 0 aromatic heterocycles. The molecule has 10 heteroatoms. The maximum Gasteiger partial charge on any atom is 0.326 e. The van der Waals surface area contributed by atoms with Crippen molar-refractivity contribution in [2.45, 2.75) is 38.1 Å². The first-order valence-electron chi connectivity index (χ1n) is 12.5. The highest BCUT2D eigenvalue weighted by Gasteiger charge is 2.32. The first-order valence-corrected chi connectivity index (χ1v) is 14.0. The average Bonchev–Trinajstić information content (AvgIpc) is 2.93. The van der Waals surface area contributed by atoms with Crippen molar-refractivity contribution in [2.24, 2.45) is 0 Å². The molecule has 0 saturated carbocycles. The second-order valence-electron chi connectivity index (χ2n) is 9.29. The zero-order valence-electron chi connectivity index (χ0n) is 23.6. The zero-order chi connectivity index (χ0) is 29.6. The highest BCUT2D eigenvalue weighted by Crippen LogP contribution is 2.39. The number of sulfonamides is 1. The lowest BCUT2D eigenvalue weighted by atomic mass is 10.0. The quantitative estimate of drug-likeness (QED) is 0.251. The Morgan fingerprint density at radius 3 is 2.00 bits per heavy atom. The number of benzene rings is 3. The lowest BCUT2D eigenvalue weighted by molar-refractivity contribution is -0.141. The molecule has 212 valence electrons. The molecule has 0 bridgehead atoms. The molecule has 9 nitrogen and oxygen atoms in total. The van der Waals surface area contributed by atoms with Crippen LogP contribution in [0.4, 0.5) is 11.4 Å². The monoisotopic (exact) mass is 566 g/mol. The summed E-state index contributed by atoms with van der Waals surface area (Å²) in [7, 11) is -0.203. The maximum atomic E-state index is 14.2. The van der Waals surface area contributed by atoms with Crippen molar-refractivity contribution in [3.05, 3.63) is 59.7 Å². The summed E-state index contributed by atoms with van der Waals surface area (Å²) in [5.41, 5.74) is 1.95. The van der Waals surface area contributed by atoms with Crippen molar-refractivity contribution in [1.29, 1.82) is 0 Å². The molecule has 3 aromatic rings. The van der Waals surface area contributed by atoms with Gasteiger partial charge in [0, 0.05) is 22.5 Å². The Balaban J connectivity index is 2.27. The number of hydrogen-bond acceptors (Lipinski definition) is 8. The van der Waals surface area contributed by atoms with E-state index in [1.165, 1.54) is 21.3 Å². The summed E-state index contributed by atoms with van der Waals surface area (Å²) >= 11 is 0. The van der Waals surface area contributed by atoms with Crippen molar-refractivity contribution >= 4 is 44.1 Å². The van der Waals surface area contributed by atoms with E-state index in [9.17, 15) is 18.0 Å². The Labute approximate surface area is 235 Å². The fourth-order valence-electron chi connectivity index (χ4n) is 4.77. The molecule has 0 spiro atoms. The maximum absolute atomic E-state index is 14.2. The van der Waals surface area contributed by atoms with Crippen LogP contribution in [-0.4, -0.2) is 60.8 Å². The molecule has 40 heavy (non-hydrogen) atoms. The number of anilines is 2. The Kier molecular flexibility index (Phi) is 9.66. The molecule has 3 aromatic carbocycles. The van der Waals surface area contributed by atoms with Crippen LogP contribution < -0.4 is 13.9 Å². The number of rotatable bonds is 11. The predicted octanol–water partition coefficient (Wildman–Crippen LogP) is 4.22. The third kappa shape index (κ3) is 6.15. The van der Waals surface area contributed by atoms with Crippen LogP contribution in [0.5, 0.6) is 5.75 Å². The third-order valence-corrected chi connectivity index (χ3v) is 8.72. The van der Waals surface area contributed by atoms with E-state index >= 15 is 0 Å². The highest BCUT2D eigenvalue weighted by molar-refractivity contribution is 7.93. The van der Waals surface area contributed by atoms with Gasteiger partial charge in [-0.15, -0.1) is 6.42 Å². The van der Waals surface area contributed by atoms with E-state index in [4.69, 9.17) is 20.6 Å². The van der Waals surface area contributed by atoms with Crippen LogP contribution in [0.2, 0.25) is 0 Å². The number of esters is 2. The Morgan fingerprint density at radius 1 is 0.925 bits per heavy atom. The second kappa shape index (κ2) is 12.7. The van der Waals surface area contributed by atoms with Gasteiger partial charge in [0.25, 0.3) is 10.0 Å². The molecule has 0 fully saturated rings. The van der Waals surface area contributed by atoms with Crippen LogP contribution in [0, 0.1) is 26.2 Å². The van der Waals surface area contributed by atoms with Crippen molar-refractivity contribution in [2.75, 3.05) is 43.6 Å². The van der Waals surface area contributed by atoms with E-state index in [2.05, 4.69) is 5.92 Å². The number of carbonyl (C=O) groups excluding carboxylic acids is 2. The minimum absolute atomic E-state index is 0.0750. The summed E-state index contributed by atoms with van der Waals surface area (Å²) in [6, 6.07) is 13.6. The summed E-state index contributed by atoms with van der Waals surface area (Å²) in [4.78, 5) is 26.5. The van der Waals surface area contributed by atoms with Crippen molar-refractivity contribution in [1.82, 2.24) is 0 Å². The summed E-state index contributed by atoms with van der Waals surface area (Å²) in [5.74, 6) is 2.06. The van der Waals surface area contributed by atoms with E-state index in [1.807, 2.05) is 24.0 Å². The summed E-state index contributed by atoms with van der Waals surface area (Å²) in [6.45, 7) is 4.89. The minimum atomic E-state index is -4.25. The number of fused-ring (bicyclic) bond motifs is 1. The van der Waals surface area contributed by atoms with Gasteiger partial charge < -0.3 is 19.1 Å². The third-order valence-electron chi connectivity index (χ3n) is 6.66. The molecule has 0 aliphatic rings. The van der Waals surface area contributed by atoms with Crippen LogP contribution in [0.25, 0.3) is 10.8 Å². The first-order chi connectivity index (χ1) is 19.0. The highest BCUT2D eigenvalue weighted by atomic mass is 32.2. The number of terminal acetylenes is 1. The standard InChI is InChI=1S/C30H34N2O7S/c1-8-15-31(22(4)18-28(33)38-6)26-13-14-27(25-12-10-9-11-24(25)26)32(19-29(34)39-7)40(35,36)30-20(2)16-23(37-5)17-21(30)3/h1,9-14,16-17,22H,15,18-19H2,2-7H3/t22-/m0/s1. The van der Waals surface area contributed by atoms with E-state index in [-0.39, 0.29) is 29.9 Å². The molecular formula is C30H34N2O7S. The van der Waals surface area contributed by atoms with E-state index in [0.29, 0.717) is 39.0 Å². The van der Waals surface area contributed by atoms with Crippen molar-refractivity contribution < 1.29 is 32.2 Å². The fourth-order valence-corrected chi connectivity index (χ4v) is 6.62. The lowest BCUT2D eigenvalue weighted by Gasteiger charge is -2.32. The number of carbonyl (C=O) groups is 2. The van der Waals surface area contributed by atoms with Crippen LogP contribution in [0.3, 0.4) is 0 Å². The largest absolute Gasteiger partial charge is 0.497 e. The van der Waals surface area contributed by atoms with Crippen LogP contribution >= 0.6 is 0 Å². The van der Waals surface area contributed by atoms with Gasteiger partial charge in [0.05, 0.1) is 44.9 Å². The van der Waals surface area contributed by atoms with Gasteiger partial charge in [0.2, 0.25) is 0 Å².